The zero-order chi connectivity index (χ0) is 26.9. The summed E-state index contributed by atoms with van der Waals surface area (Å²) in [7, 11) is 2.06. The maximum atomic E-state index is 12.8. The van der Waals surface area contributed by atoms with Crippen LogP contribution in [-0.2, 0) is 13.6 Å². The molecule has 192 valence electrons. The highest BCUT2D eigenvalue weighted by Gasteiger charge is 2.25. The van der Waals surface area contributed by atoms with Crippen LogP contribution >= 0.6 is 7.82 Å². The number of Topliss-reactive ketones (excluding diaryl/α,β-unsaturated/α-hetero) is 1. The molecular formula is C26H25N2O8P. The van der Waals surface area contributed by atoms with Crippen molar-refractivity contribution in [1.82, 2.24) is 0 Å². The van der Waals surface area contributed by atoms with Gasteiger partial charge in [-0.3, -0.25) is 18.8 Å². The third-order valence-electron chi connectivity index (χ3n) is 5.89. The molecule has 10 nitrogen and oxygen atoms in total. The Morgan fingerprint density at radius 3 is 2.46 bits per heavy atom. The molecular weight excluding hydrogens is 499 g/mol. The predicted octanol–water partition coefficient (Wildman–Crippen LogP) is 4.45. The SMILES string of the molecule is CN=c1ccc2c(-c3cc(C(=O)COP(=O)(O)OC)ccc3C(=O)O)c3ccc(N(C)C)cc3oc-2c1. The first-order valence-electron chi connectivity index (χ1n) is 11.1. The highest BCUT2D eigenvalue weighted by Crippen LogP contribution is 2.43. The Bertz CT molecular complexity index is 1610. The molecule has 0 saturated heterocycles. The average molecular weight is 524 g/mol. The van der Waals surface area contributed by atoms with E-state index in [1.807, 2.05) is 37.2 Å². The first-order chi connectivity index (χ1) is 17.5. The van der Waals surface area contributed by atoms with E-state index in [4.69, 9.17) is 8.94 Å². The van der Waals surface area contributed by atoms with Gasteiger partial charge < -0.3 is 19.3 Å². The van der Waals surface area contributed by atoms with E-state index in [-0.39, 0.29) is 16.7 Å². The molecule has 0 aromatic heterocycles. The summed E-state index contributed by atoms with van der Waals surface area (Å²) in [5.41, 5.74) is 2.92. The monoisotopic (exact) mass is 524 g/mol. The predicted molar refractivity (Wildman–Crippen MR) is 138 cm³/mol. The number of anilines is 1. The second-order valence-corrected chi connectivity index (χ2v) is 9.93. The summed E-state index contributed by atoms with van der Waals surface area (Å²) < 4.78 is 26.9. The van der Waals surface area contributed by atoms with Gasteiger partial charge in [0.2, 0.25) is 0 Å². The molecule has 0 fully saturated rings. The van der Waals surface area contributed by atoms with Crippen molar-refractivity contribution in [1.29, 1.82) is 0 Å². The lowest BCUT2D eigenvalue weighted by molar-refractivity contribution is 0.0697. The first-order valence-corrected chi connectivity index (χ1v) is 12.6. The lowest BCUT2D eigenvalue weighted by atomic mass is 9.89. The Hall–Kier alpha value is -3.82. The van der Waals surface area contributed by atoms with E-state index >= 15 is 0 Å². The van der Waals surface area contributed by atoms with Crippen molar-refractivity contribution in [3.63, 3.8) is 0 Å². The number of hydrogen-bond acceptors (Lipinski definition) is 8. The van der Waals surface area contributed by atoms with Crippen LogP contribution in [0.1, 0.15) is 20.7 Å². The Kier molecular flexibility index (Phi) is 7.29. The number of aromatic carboxylic acids is 1. The van der Waals surface area contributed by atoms with Gasteiger partial charge in [-0.2, -0.15) is 0 Å². The largest absolute Gasteiger partial charge is 0.478 e. The fourth-order valence-electron chi connectivity index (χ4n) is 3.96. The minimum atomic E-state index is -4.37. The number of hydrogen-bond donors (Lipinski definition) is 2. The summed E-state index contributed by atoms with van der Waals surface area (Å²) in [4.78, 5) is 40.6. The Labute approximate surface area is 212 Å². The van der Waals surface area contributed by atoms with E-state index in [0.717, 1.165) is 12.8 Å². The molecule has 0 radical (unpaired) electrons. The van der Waals surface area contributed by atoms with Gasteiger partial charge in [-0.1, -0.05) is 6.07 Å². The van der Waals surface area contributed by atoms with Gasteiger partial charge in [0, 0.05) is 68.1 Å². The molecule has 1 aliphatic heterocycles. The van der Waals surface area contributed by atoms with E-state index in [1.165, 1.54) is 18.2 Å². The molecule has 1 aliphatic carbocycles. The fraction of sp³-hybridized carbons (Fsp3) is 0.192. The zero-order valence-corrected chi connectivity index (χ0v) is 21.5. The van der Waals surface area contributed by atoms with Crippen molar-refractivity contribution in [3.8, 4) is 22.5 Å². The van der Waals surface area contributed by atoms with Crippen molar-refractivity contribution in [2.24, 2.45) is 4.99 Å². The summed E-state index contributed by atoms with van der Waals surface area (Å²) in [6.07, 6.45) is 0. The van der Waals surface area contributed by atoms with Crippen LogP contribution in [0.4, 0.5) is 5.69 Å². The van der Waals surface area contributed by atoms with E-state index in [9.17, 15) is 24.2 Å². The molecule has 1 heterocycles. The summed E-state index contributed by atoms with van der Waals surface area (Å²) in [6, 6.07) is 15.0. The number of phosphoric ester groups is 1. The highest BCUT2D eigenvalue weighted by molar-refractivity contribution is 7.47. The molecule has 2 aromatic carbocycles. The zero-order valence-electron chi connectivity index (χ0n) is 20.6. The van der Waals surface area contributed by atoms with E-state index in [0.29, 0.717) is 33.2 Å². The number of rotatable bonds is 8. The Balaban J connectivity index is 2.00. The maximum absolute atomic E-state index is 12.8. The fourth-order valence-corrected chi connectivity index (χ4v) is 4.35. The van der Waals surface area contributed by atoms with Gasteiger partial charge in [0.15, 0.2) is 5.78 Å². The lowest BCUT2D eigenvalue weighted by Crippen LogP contribution is -2.11. The molecule has 1 atom stereocenters. The number of benzene rings is 3. The van der Waals surface area contributed by atoms with Crippen molar-refractivity contribution < 1.29 is 37.6 Å². The molecule has 11 heteroatoms. The number of carboxylic acids is 1. The third-order valence-corrected chi connectivity index (χ3v) is 6.81. The number of carbonyl (C=O) groups excluding carboxylic acids is 1. The van der Waals surface area contributed by atoms with E-state index < -0.39 is 26.2 Å². The number of ketones is 1. The summed E-state index contributed by atoms with van der Waals surface area (Å²) >= 11 is 0. The van der Waals surface area contributed by atoms with Gasteiger partial charge in [-0.25, -0.2) is 9.36 Å². The van der Waals surface area contributed by atoms with Gasteiger partial charge in [0.1, 0.15) is 18.0 Å². The molecule has 0 saturated carbocycles. The highest BCUT2D eigenvalue weighted by atomic mass is 31.2. The summed E-state index contributed by atoms with van der Waals surface area (Å²) in [5.74, 6) is -1.32. The molecule has 0 spiro atoms. The van der Waals surface area contributed by atoms with Crippen LogP contribution < -0.4 is 10.3 Å². The standard InChI is InChI=1S/C26H25N2O8P/c1-27-16-6-9-19-23(12-16)36-24-13-17(28(2)3)7-10-20(24)25(19)21-11-15(5-8-18(21)26(30)31)22(29)14-35-37(32,33)34-4/h5-13H,14H2,1-4H3,(H,30,31)(H,32,33). The number of carboxylic acid groups (broad SMARTS) is 1. The van der Waals surface area contributed by atoms with Gasteiger partial charge in [-0.15, -0.1) is 0 Å². The van der Waals surface area contributed by atoms with Gasteiger partial charge in [-0.05, 0) is 42.0 Å². The Morgan fingerprint density at radius 1 is 1.05 bits per heavy atom. The van der Waals surface area contributed by atoms with Crippen molar-refractivity contribution in [2.75, 3.05) is 39.8 Å². The van der Waals surface area contributed by atoms with Crippen LogP contribution in [0.15, 0.2) is 64.0 Å². The van der Waals surface area contributed by atoms with Crippen LogP contribution in [0.3, 0.4) is 0 Å². The molecule has 0 bridgehead atoms. The minimum absolute atomic E-state index is 0.0306. The second kappa shape index (κ2) is 10.3. The van der Waals surface area contributed by atoms with Crippen LogP contribution in [0.25, 0.3) is 33.4 Å². The molecule has 2 aliphatic rings. The number of fused-ring (bicyclic) bond motifs is 2. The number of nitrogens with zero attached hydrogens (tertiary/aromatic N) is 2. The molecule has 2 aromatic rings. The molecule has 4 rings (SSSR count). The van der Waals surface area contributed by atoms with E-state index in [2.05, 4.69) is 9.52 Å². The van der Waals surface area contributed by atoms with E-state index in [1.54, 1.807) is 25.2 Å². The molecule has 37 heavy (non-hydrogen) atoms. The van der Waals surface area contributed by atoms with Crippen molar-refractivity contribution in [2.45, 2.75) is 0 Å². The van der Waals surface area contributed by atoms with Crippen LogP contribution in [0, 0.1) is 0 Å². The van der Waals surface area contributed by atoms with Gasteiger partial charge in [0.25, 0.3) is 0 Å². The maximum Gasteiger partial charge on any atom is 0.472 e. The molecule has 0 amide bonds. The van der Waals surface area contributed by atoms with Gasteiger partial charge >= 0.3 is 13.8 Å². The van der Waals surface area contributed by atoms with Crippen molar-refractivity contribution >= 4 is 36.2 Å². The summed E-state index contributed by atoms with van der Waals surface area (Å²) in [5, 5.41) is 11.3. The second-order valence-electron chi connectivity index (χ2n) is 8.37. The van der Waals surface area contributed by atoms with Crippen LogP contribution in [0.5, 0.6) is 0 Å². The minimum Gasteiger partial charge on any atom is -0.478 e. The number of phosphoric acid groups is 1. The third kappa shape index (κ3) is 5.33. The topological polar surface area (TPSA) is 139 Å². The van der Waals surface area contributed by atoms with Gasteiger partial charge in [0.05, 0.1) is 10.9 Å². The van der Waals surface area contributed by atoms with Crippen LogP contribution in [-0.4, -0.2) is 56.6 Å². The molecule has 2 N–H and O–H groups in total. The first kappa shape index (κ1) is 26.2. The number of carbonyl (C=O) groups is 2. The van der Waals surface area contributed by atoms with Crippen molar-refractivity contribution in [3.05, 3.63) is 71.1 Å². The average Bonchev–Trinajstić information content (AvgIpc) is 2.89. The van der Waals surface area contributed by atoms with Crippen LogP contribution in [0.2, 0.25) is 0 Å². The smallest absolute Gasteiger partial charge is 0.472 e. The quantitative estimate of drug-likeness (QED) is 0.194. The molecule has 1 unspecified atom stereocenters. The summed E-state index contributed by atoms with van der Waals surface area (Å²) in [6.45, 7) is -0.730. The normalized spacial score (nSPS) is 13.6. The lowest BCUT2D eigenvalue weighted by Gasteiger charge is -2.19. The Morgan fingerprint density at radius 2 is 1.81 bits per heavy atom.